The minimum atomic E-state index is -2.53. The summed E-state index contributed by atoms with van der Waals surface area (Å²) in [5, 5.41) is 316. The van der Waals surface area contributed by atoms with Crippen LogP contribution in [0.2, 0.25) is 0 Å². The third kappa shape index (κ3) is 22.3. The molecule has 51 heteroatoms. The quantitative estimate of drug-likeness (QED) is 0.0290. The second-order valence-corrected chi connectivity index (χ2v) is 32.5. The van der Waals surface area contributed by atoms with Crippen molar-refractivity contribution in [1.29, 1.82) is 0 Å². The van der Waals surface area contributed by atoms with Gasteiger partial charge in [0, 0.05) is 32.1 Å². The van der Waals surface area contributed by atoms with E-state index in [-0.39, 0.29) is 6.42 Å². The fourth-order valence-corrected chi connectivity index (χ4v) is 16.4. The molecule has 10 saturated heterocycles. The highest BCUT2D eigenvalue weighted by Crippen LogP contribution is 2.42. The Bertz CT molecular complexity index is 3170. The molecular weight excluding hydrogens is 1660 g/mol. The Morgan fingerprint density at radius 3 is 1.16 bits per heavy atom. The molecule has 10 aliphatic rings. The van der Waals surface area contributed by atoms with Gasteiger partial charge in [-0.05, 0) is 5.92 Å². The molecule has 51 unspecified atom stereocenters. The topological polar surface area (TPSA) is 800 Å². The van der Waals surface area contributed by atoms with Crippen LogP contribution in [0, 0.1) is 17.8 Å². The Labute approximate surface area is 695 Å². The number of hydrogen-bond acceptors (Lipinski definition) is 49. The van der Waals surface area contributed by atoms with Crippen molar-refractivity contribution >= 4 is 11.8 Å². The molecule has 0 aromatic heterocycles. The molecule has 0 saturated carbocycles. The Morgan fingerprint density at radius 2 is 0.664 bits per heavy atom. The van der Waals surface area contributed by atoms with Gasteiger partial charge in [0.1, 0.15) is 214 Å². The summed E-state index contributed by atoms with van der Waals surface area (Å²) in [6, 6.07) is -3.08. The van der Waals surface area contributed by atoms with E-state index in [0.717, 1.165) is 13.8 Å². The van der Waals surface area contributed by atoms with E-state index in [2.05, 4.69) is 10.6 Å². The number of hydrogen-bond donors (Lipinski definition) is 30. The maximum absolute atomic E-state index is 13.1. The summed E-state index contributed by atoms with van der Waals surface area (Å²) in [5.74, 6) is -4.19. The van der Waals surface area contributed by atoms with Crippen molar-refractivity contribution in [2.45, 2.75) is 349 Å². The van der Waals surface area contributed by atoms with Crippen LogP contribution in [-0.4, -0.2) is 522 Å². The first-order chi connectivity index (χ1) is 57.7. The van der Waals surface area contributed by atoms with Crippen molar-refractivity contribution in [2.24, 2.45) is 17.8 Å². The lowest BCUT2D eigenvalue weighted by Crippen LogP contribution is -2.70. The van der Waals surface area contributed by atoms with Gasteiger partial charge in [-0.3, -0.25) is 9.59 Å². The number of amides is 2. The van der Waals surface area contributed by atoms with E-state index in [1.165, 1.54) is 13.8 Å². The van der Waals surface area contributed by atoms with Gasteiger partial charge < -0.3 is 244 Å². The molecule has 51 nitrogen and oxygen atoms in total. The number of nitrogens with one attached hydrogen (secondary N) is 2. The van der Waals surface area contributed by atoms with Gasteiger partial charge in [0.25, 0.3) is 0 Å². The fourth-order valence-electron chi connectivity index (χ4n) is 16.4. The first-order valence-corrected chi connectivity index (χ1v) is 40.1. The van der Waals surface area contributed by atoms with Crippen molar-refractivity contribution in [2.75, 3.05) is 66.1 Å². The SMILES string of the molecule is CC(=O)NC1C(OC2C(CO)OC(C(C)C)C(NC(C)=O)C2O)OC(CO)C(OC2OC(COC3OC(COC4OC(CO)C(O)C(O)C4O)C(O)C(OC4OC(CO)C(O)C(O)C4O)C3O)C(O)C(OC3OC(CO)C(O)C(O)C3OC3OC(CO)C(OC4OC(COC5CC(O)C(C)C(C(O)C(O)CO)O5)C(O)C(O)C4O)C(O)C3C)C2O)C1O. The van der Waals surface area contributed by atoms with Gasteiger partial charge in [-0.2, -0.15) is 0 Å². The first-order valence-electron chi connectivity index (χ1n) is 40.1. The van der Waals surface area contributed by atoms with Crippen LogP contribution in [0.15, 0.2) is 0 Å². The van der Waals surface area contributed by atoms with Crippen LogP contribution in [0.4, 0.5) is 0 Å². The molecule has 30 N–H and O–H groups in total. The minimum absolute atomic E-state index is 0.230. The molecule has 10 fully saturated rings. The van der Waals surface area contributed by atoms with Crippen LogP contribution in [0.3, 0.4) is 0 Å². The van der Waals surface area contributed by atoms with E-state index in [1.807, 2.05) is 0 Å². The molecule has 0 aromatic rings. The summed E-state index contributed by atoms with van der Waals surface area (Å²) < 4.78 is 114. The zero-order valence-electron chi connectivity index (χ0n) is 66.9. The summed E-state index contributed by atoms with van der Waals surface area (Å²) in [4.78, 5) is 25.6. The normalized spacial score (nSPS) is 49.8. The van der Waals surface area contributed by atoms with E-state index in [4.69, 9.17) is 90.0 Å². The van der Waals surface area contributed by atoms with Crippen LogP contribution in [0.25, 0.3) is 0 Å². The number of rotatable bonds is 33. The van der Waals surface area contributed by atoms with E-state index >= 15 is 0 Å². The summed E-state index contributed by atoms with van der Waals surface area (Å²) >= 11 is 0. The second-order valence-electron chi connectivity index (χ2n) is 32.5. The average Bonchev–Trinajstić information content (AvgIpc) is 0.762. The van der Waals surface area contributed by atoms with Crippen molar-refractivity contribution in [3.63, 3.8) is 0 Å². The lowest BCUT2D eigenvalue weighted by Gasteiger charge is -2.51. The number of carbonyl (C=O) groups excluding carboxylic acids is 2. The predicted octanol–water partition coefficient (Wildman–Crippen LogP) is -18.5. The highest BCUT2D eigenvalue weighted by Gasteiger charge is 2.61. The van der Waals surface area contributed by atoms with E-state index in [1.54, 1.807) is 13.8 Å². The zero-order chi connectivity index (χ0) is 89.8. The Morgan fingerprint density at radius 1 is 0.320 bits per heavy atom. The molecule has 122 heavy (non-hydrogen) atoms. The van der Waals surface area contributed by atoms with Gasteiger partial charge in [0.05, 0.1) is 96.5 Å². The standard InChI is InChI=1S/C71H122N2O49/c1-18(2)56-35(72-21(5)81)45(93)59(28(12-78)107-56)117-65-36(73-22(6)82)46(94)60(30(14-80)112-65)119-70-55(103)62(44(92)33(115-70)17-106-67-54(102)61(120-68-52(100)48(96)40(88)26(10-76)109-68)43(91)32(113-67)16-105-66-51(99)47(95)39(87)25(9-75)108-66)121-71-63(50(98)41(89)27(11-77)110-71)122-64-20(4)37(85)58(29(13-79)111-64)118-69-53(101)49(97)42(90)31(114-69)15-104-34-7-23(83)19(3)57(116-34)38(86)24(84)8-74/h18-20,23-71,74-80,83-103H,7-17H2,1-6H3,(H,72,81)(H,73,82). The number of aliphatic hydroxyl groups excluding tert-OH is 28. The zero-order valence-corrected chi connectivity index (χ0v) is 66.9. The van der Waals surface area contributed by atoms with Crippen molar-refractivity contribution < 1.29 is 243 Å². The monoisotopic (exact) mass is 1790 g/mol. The Kier molecular flexibility index (Phi) is 36.8. The van der Waals surface area contributed by atoms with Gasteiger partial charge in [-0.15, -0.1) is 0 Å². The highest BCUT2D eigenvalue weighted by molar-refractivity contribution is 5.73. The number of ether oxygens (including phenoxy) is 19. The maximum Gasteiger partial charge on any atom is 0.217 e. The molecule has 0 spiro atoms. The summed E-state index contributed by atoms with van der Waals surface area (Å²) in [7, 11) is 0. The lowest BCUT2D eigenvalue weighted by atomic mass is 9.87. The van der Waals surface area contributed by atoms with E-state index < -0.39 is 396 Å². The Hall–Kier alpha value is -2.94. The highest BCUT2D eigenvalue weighted by atomic mass is 16.8. The van der Waals surface area contributed by atoms with Crippen LogP contribution >= 0.6 is 0 Å². The Balaban J connectivity index is 0.937. The van der Waals surface area contributed by atoms with Gasteiger partial charge in [-0.1, -0.05) is 27.7 Å². The largest absolute Gasteiger partial charge is 0.394 e. The van der Waals surface area contributed by atoms with Crippen molar-refractivity contribution in [1.82, 2.24) is 10.6 Å². The second kappa shape index (κ2) is 44.3. The summed E-state index contributed by atoms with van der Waals surface area (Å²) in [5.41, 5.74) is 0. The lowest BCUT2D eigenvalue weighted by molar-refractivity contribution is -0.400. The van der Waals surface area contributed by atoms with Gasteiger partial charge in [0.15, 0.2) is 56.6 Å². The smallest absolute Gasteiger partial charge is 0.217 e. The third-order valence-electron chi connectivity index (χ3n) is 23.6. The fraction of sp³-hybridized carbons (Fsp3) is 0.972. The molecule has 710 valence electrons. The molecular formula is C71H122N2O49. The third-order valence-corrected chi connectivity index (χ3v) is 23.6. The minimum Gasteiger partial charge on any atom is -0.394 e. The van der Waals surface area contributed by atoms with Crippen LogP contribution in [0.5, 0.6) is 0 Å². The van der Waals surface area contributed by atoms with Gasteiger partial charge >= 0.3 is 0 Å². The van der Waals surface area contributed by atoms with Crippen LogP contribution in [0.1, 0.15) is 48.0 Å². The molecule has 10 aliphatic heterocycles. The molecule has 0 radical (unpaired) electrons. The number of aliphatic hydroxyl groups is 28. The van der Waals surface area contributed by atoms with Crippen molar-refractivity contribution in [3.05, 3.63) is 0 Å². The number of carbonyl (C=O) groups is 2. The molecule has 2 amide bonds. The van der Waals surface area contributed by atoms with Gasteiger partial charge in [-0.25, -0.2) is 0 Å². The molecule has 10 heterocycles. The molecule has 51 atom stereocenters. The van der Waals surface area contributed by atoms with E-state index in [9.17, 15) is 153 Å². The maximum atomic E-state index is 13.1. The predicted molar refractivity (Wildman–Crippen MR) is 382 cm³/mol. The molecule has 0 aliphatic carbocycles. The molecule has 0 bridgehead atoms. The van der Waals surface area contributed by atoms with Crippen LogP contribution in [-0.2, 0) is 99.6 Å². The van der Waals surface area contributed by atoms with Crippen molar-refractivity contribution in [3.8, 4) is 0 Å². The first kappa shape index (κ1) is 101. The molecule has 0 aromatic carbocycles. The summed E-state index contributed by atoms with van der Waals surface area (Å²) in [6.45, 7) is -1.65. The summed E-state index contributed by atoms with van der Waals surface area (Å²) in [6.07, 6.45) is -92.0. The average molecular weight is 1790 g/mol. The van der Waals surface area contributed by atoms with Gasteiger partial charge in [0.2, 0.25) is 11.8 Å². The van der Waals surface area contributed by atoms with Crippen LogP contribution < -0.4 is 10.6 Å². The van der Waals surface area contributed by atoms with E-state index in [0.29, 0.717) is 0 Å². The molecule has 10 rings (SSSR count).